The summed E-state index contributed by atoms with van der Waals surface area (Å²) in [6.07, 6.45) is 2.10. The maximum absolute atomic E-state index is 12.3. The predicted octanol–water partition coefficient (Wildman–Crippen LogP) is 3.91. The van der Waals surface area contributed by atoms with Crippen LogP contribution in [0.5, 0.6) is 0 Å². The van der Waals surface area contributed by atoms with Crippen molar-refractivity contribution < 1.29 is 13.2 Å². The molecule has 1 aromatic heterocycles. The number of primary amides is 1. The molecule has 3 aromatic carbocycles. The summed E-state index contributed by atoms with van der Waals surface area (Å²) in [5, 5.41) is 1.73. The average molecular weight is 407 g/mol. The number of carbonyl (C=O) groups is 1. The molecule has 0 radical (unpaired) electrons. The van der Waals surface area contributed by atoms with E-state index in [9.17, 15) is 13.2 Å². The molecule has 0 spiro atoms. The summed E-state index contributed by atoms with van der Waals surface area (Å²) in [5.74, 6) is -0.481. The molecule has 4 aromatic rings. The van der Waals surface area contributed by atoms with Gasteiger partial charge in [0.05, 0.1) is 10.4 Å². The van der Waals surface area contributed by atoms with Crippen LogP contribution in [0.1, 0.15) is 28.4 Å². The van der Waals surface area contributed by atoms with E-state index in [0.717, 1.165) is 28.2 Å². The second-order valence-corrected chi connectivity index (χ2v) is 9.22. The van der Waals surface area contributed by atoms with Crippen molar-refractivity contribution in [1.29, 1.82) is 0 Å². The van der Waals surface area contributed by atoms with Crippen LogP contribution in [-0.4, -0.2) is 25.1 Å². The fraction of sp³-hybridized carbons (Fsp3) is 0.174. The summed E-state index contributed by atoms with van der Waals surface area (Å²) in [6, 6.07) is 18.7. The minimum Gasteiger partial charge on any atom is -0.366 e. The van der Waals surface area contributed by atoms with Gasteiger partial charge in [-0.05, 0) is 41.8 Å². The van der Waals surface area contributed by atoms with E-state index in [1.165, 1.54) is 11.8 Å². The van der Waals surface area contributed by atoms with Gasteiger partial charge in [0.15, 0.2) is 9.84 Å². The molecule has 0 aliphatic rings. The van der Waals surface area contributed by atoms with Crippen LogP contribution in [0.2, 0.25) is 0 Å². The maximum atomic E-state index is 12.3. The van der Waals surface area contributed by atoms with Crippen LogP contribution in [0, 0.1) is 0 Å². The SMILES string of the molecule is CCc1ccc2c3c(C(N)=O)cccc3n(Cc3ccccc3S(C)(=O)=O)c2c1. The zero-order chi connectivity index (χ0) is 20.8. The average Bonchev–Trinajstić information content (AvgIpc) is 3.00. The molecular formula is C23H22N2O3S. The van der Waals surface area contributed by atoms with Crippen molar-refractivity contribution in [2.45, 2.75) is 24.8 Å². The maximum Gasteiger partial charge on any atom is 0.249 e. The number of amides is 1. The number of nitrogens with two attached hydrogens (primary N) is 1. The van der Waals surface area contributed by atoms with E-state index in [1.807, 2.05) is 30.3 Å². The van der Waals surface area contributed by atoms with Gasteiger partial charge in [0.25, 0.3) is 0 Å². The molecule has 0 aliphatic carbocycles. The molecule has 0 fully saturated rings. The number of fused-ring (bicyclic) bond motifs is 3. The fourth-order valence-corrected chi connectivity index (χ4v) is 4.89. The lowest BCUT2D eigenvalue weighted by Crippen LogP contribution is -2.11. The Morgan fingerprint density at radius 1 is 1.00 bits per heavy atom. The van der Waals surface area contributed by atoms with Gasteiger partial charge in [-0.2, -0.15) is 0 Å². The first-order valence-corrected chi connectivity index (χ1v) is 11.3. The van der Waals surface area contributed by atoms with Gasteiger partial charge in [-0.3, -0.25) is 4.79 Å². The van der Waals surface area contributed by atoms with Gasteiger partial charge < -0.3 is 10.3 Å². The Balaban J connectivity index is 2.06. The molecule has 1 heterocycles. The second kappa shape index (κ2) is 7.04. The molecular weight excluding hydrogens is 384 g/mol. The number of rotatable bonds is 5. The van der Waals surface area contributed by atoms with Crippen LogP contribution < -0.4 is 5.73 Å². The molecule has 4 rings (SSSR count). The molecule has 0 atom stereocenters. The summed E-state index contributed by atoms with van der Waals surface area (Å²) in [4.78, 5) is 12.4. The second-order valence-electron chi connectivity index (χ2n) is 7.24. The Morgan fingerprint density at radius 3 is 2.45 bits per heavy atom. The Kier molecular flexibility index (Phi) is 4.67. The number of nitrogens with zero attached hydrogens (tertiary/aromatic N) is 1. The van der Waals surface area contributed by atoms with E-state index in [0.29, 0.717) is 22.6 Å². The van der Waals surface area contributed by atoms with Crippen LogP contribution in [0.25, 0.3) is 21.8 Å². The third-order valence-corrected chi connectivity index (χ3v) is 6.53. The smallest absolute Gasteiger partial charge is 0.249 e. The van der Waals surface area contributed by atoms with Crippen LogP contribution >= 0.6 is 0 Å². The number of aromatic nitrogens is 1. The van der Waals surface area contributed by atoms with Crippen LogP contribution in [-0.2, 0) is 22.8 Å². The zero-order valence-corrected chi connectivity index (χ0v) is 17.2. The highest BCUT2D eigenvalue weighted by Crippen LogP contribution is 2.33. The molecule has 0 saturated carbocycles. The molecule has 6 heteroatoms. The molecule has 0 saturated heterocycles. The predicted molar refractivity (Wildman–Crippen MR) is 116 cm³/mol. The molecule has 1 amide bonds. The lowest BCUT2D eigenvalue weighted by molar-refractivity contribution is 0.100. The number of hydrogen-bond acceptors (Lipinski definition) is 3. The van der Waals surface area contributed by atoms with Crippen molar-refractivity contribution in [3.63, 3.8) is 0 Å². The highest BCUT2D eigenvalue weighted by Gasteiger charge is 2.19. The molecule has 2 N–H and O–H groups in total. The molecule has 0 aliphatic heterocycles. The van der Waals surface area contributed by atoms with E-state index in [4.69, 9.17) is 5.73 Å². The lowest BCUT2D eigenvalue weighted by Gasteiger charge is -2.12. The van der Waals surface area contributed by atoms with Crippen molar-refractivity contribution in [3.05, 3.63) is 77.4 Å². The summed E-state index contributed by atoms with van der Waals surface area (Å²) in [5.41, 5.74) is 9.79. The normalized spacial score (nSPS) is 11.9. The Bertz CT molecular complexity index is 1370. The topological polar surface area (TPSA) is 82.2 Å². The number of sulfone groups is 1. The van der Waals surface area contributed by atoms with E-state index in [1.54, 1.807) is 24.3 Å². The summed E-state index contributed by atoms with van der Waals surface area (Å²) >= 11 is 0. The van der Waals surface area contributed by atoms with Crippen LogP contribution in [0.4, 0.5) is 0 Å². The summed E-state index contributed by atoms with van der Waals surface area (Å²) in [6.45, 7) is 2.46. The molecule has 0 unspecified atom stereocenters. The molecule has 148 valence electrons. The minimum atomic E-state index is -3.37. The van der Waals surface area contributed by atoms with E-state index < -0.39 is 15.7 Å². The number of benzene rings is 3. The summed E-state index contributed by atoms with van der Waals surface area (Å²) < 4.78 is 26.6. The number of hydrogen-bond donors (Lipinski definition) is 1. The van der Waals surface area contributed by atoms with E-state index in [-0.39, 0.29) is 0 Å². The van der Waals surface area contributed by atoms with Gasteiger partial charge in [-0.25, -0.2) is 8.42 Å². The summed E-state index contributed by atoms with van der Waals surface area (Å²) in [7, 11) is -3.37. The third-order valence-electron chi connectivity index (χ3n) is 5.33. The molecule has 29 heavy (non-hydrogen) atoms. The first kappa shape index (κ1) is 19.2. The fourth-order valence-electron chi connectivity index (χ4n) is 3.95. The highest BCUT2D eigenvalue weighted by molar-refractivity contribution is 7.90. The van der Waals surface area contributed by atoms with Crippen LogP contribution in [0.3, 0.4) is 0 Å². The van der Waals surface area contributed by atoms with Crippen molar-refractivity contribution >= 4 is 37.6 Å². The van der Waals surface area contributed by atoms with Gasteiger partial charge >= 0.3 is 0 Å². The Morgan fingerprint density at radius 2 is 1.76 bits per heavy atom. The zero-order valence-electron chi connectivity index (χ0n) is 16.3. The van der Waals surface area contributed by atoms with E-state index >= 15 is 0 Å². The number of aryl methyl sites for hydroxylation is 1. The Hall–Kier alpha value is -3.12. The highest BCUT2D eigenvalue weighted by atomic mass is 32.2. The van der Waals surface area contributed by atoms with Crippen LogP contribution in [0.15, 0.2) is 65.6 Å². The molecule has 0 bridgehead atoms. The van der Waals surface area contributed by atoms with Gasteiger partial charge in [0.1, 0.15) is 0 Å². The van der Waals surface area contributed by atoms with E-state index in [2.05, 4.69) is 17.6 Å². The monoisotopic (exact) mass is 406 g/mol. The van der Waals surface area contributed by atoms with Gasteiger partial charge in [-0.1, -0.05) is 43.3 Å². The third kappa shape index (κ3) is 3.29. The van der Waals surface area contributed by atoms with Gasteiger partial charge in [-0.15, -0.1) is 0 Å². The first-order chi connectivity index (χ1) is 13.8. The Labute approximate surface area is 169 Å². The van der Waals surface area contributed by atoms with Gasteiger partial charge in [0.2, 0.25) is 5.91 Å². The molecule has 5 nitrogen and oxygen atoms in total. The van der Waals surface area contributed by atoms with Crippen molar-refractivity contribution in [2.75, 3.05) is 6.26 Å². The van der Waals surface area contributed by atoms with Crippen molar-refractivity contribution in [2.24, 2.45) is 5.73 Å². The lowest BCUT2D eigenvalue weighted by atomic mass is 10.0. The number of carbonyl (C=O) groups excluding carboxylic acids is 1. The first-order valence-electron chi connectivity index (χ1n) is 9.43. The minimum absolute atomic E-state index is 0.313. The van der Waals surface area contributed by atoms with Crippen molar-refractivity contribution in [3.8, 4) is 0 Å². The van der Waals surface area contributed by atoms with Gasteiger partial charge in [0, 0.05) is 34.7 Å². The van der Waals surface area contributed by atoms with Crippen molar-refractivity contribution in [1.82, 2.24) is 4.57 Å². The quantitative estimate of drug-likeness (QED) is 0.546. The largest absolute Gasteiger partial charge is 0.366 e. The standard InChI is InChI=1S/C23H22N2O3S/c1-3-15-11-12-17-20(13-15)25(19-9-6-8-18(22(17)19)23(24)26)14-16-7-4-5-10-21(16)29(2,27)28/h4-13H,3,14H2,1-2H3,(H2,24,26).